The second-order valence-electron chi connectivity index (χ2n) is 8.91. The zero-order valence-electron chi connectivity index (χ0n) is 19.6. The van der Waals surface area contributed by atoms with Crippen molar-refractivity contribution in [3.8, 4) is 6.07 Å². The summed E-state index contributed by atoms with van der Waals surface area (Å²) in [5.74, 6) is 0.679. The number of hydrogen-bond donors (Lipinski definition) is 2. The van der Waals surface area contributed by atoms with Crippen molar-refractivity contribution in [2.24, 2.45) is 0 Å². The first-order valence-corrected chi connectivity index (χ1v) is 11.6. The maximum Gasteiger partial charge on any atom is 0.423 e. The van der Waals surface area contributed by atoms with Gasteiger partial charge in [0.15, 0.2) is 0 Å². The summed E-state index contributed by atoms with van der Waals surface area (Å²) in [5, 5.41) is 16.8. The number of pyridine rings is 1. The lowest BCUT2D eigenvalue weighted by Gasteiger charge is -2.37. The summed E-state index contributed by atoms with van der Waals surface area (Å²) in [7, 11) is 0. The molecule has 0 aromatic carbocycles. The number of anilines is 2. The van der Waals surface area contributed by atoms with E-state index in [2.05, 4.69) is 20.3 Å². The van der Waals surface area contributed by atoms with E-state index in [9.17, 15) is 22.8 Å². The molecule has 36 heavy (non-hydrogen) atoms. The fourth-order valence-corrected chi connectivity index (χ4v) is 4.59. The van der Waals surface area contributed by atoms with Crippen molar-refractivity contribution in [3.05, 3.63) is 46.0 Å². The molecular weight excluding hydrogens is 479 g/mol. The Morgan fingerprint density at radius 3 is 2.61 bits per heavy atom. The van der Waals surface area contributed by atoms with E-state index < -0.39 is 35.1 Å². The van der Waals surface area contributed by atoms with E-state index in [-0.39, 0.29) is 18.6 Å². The molecule has 2 saturated heterocycles. The number of halogens is 3. The third-order valence-corrected chi connectivity index (χ3v) is 6.39. The summed E-state index contributed by atoms with van der Waals surface area (Å²) in [6.45, 7) is 3.60. The number of nitrogens with zero attached hydrogens (tertiary/aromatic N) is 5. The fraction of sp³-hybridized carbons (Fsp3) is 0.522. The average Bonchev–Trinajstić information content (AvgIpc) is 3.22. The minimum absolute atomic E-state index is 0.0167. The first-order valence-electron chi connectivity index (χ1n) is 11.6. The number of likely N-dealkylation sites (tertiary alicyclic amines) is 1. The summed E-state index contributed by atoms with van der Waals surface area (Å²) >= 11 is 0. The highest BCUT2D eigenvalue weighted by atomic mass is 19.4. The number of nitriles is 1. The van der Waals surface area contributed by atoms with Gasteiger partial charge < -0.3 is 19.9 Å². The van der Waals surface area contributed by atoms with Crippen LogP contribution in [0.15, 0.2) is 29.3 Å². The molecule has 4 heterocycles. The molecule has 1 unspecified atom stereocenters. The molecule has 10 nitrogen and oxygen atoms in total. The lowest BCUT2D eigenvalue weighted by atomic mass is 10.0. The molecule has 0 radical (unpaired) electrons. The molecule has 2 aromatic heterocycles. The van der Waals surface area contributed by atoms with Crippen LogP contribution >= 0.6 is 0 Å². The van der Waals surface area contributed by atoms with Gasteiger partial charge in [0.2, 0.25) is 0 Å². The number of carbonyl (C=O) groups is 1. The van der Waals surface area contributed by atoms with Gasteiger partial charge >= 0.3 is 6.18 Å². The van der Waals surface area contributed by atoms with Gasteiger partial charge in [0.1, 0.15) is 23.6 Å². The standard InChI is InChI=1S/C23H26F3N7O3/c1-14(30-17-12-29-31-21(34)20(17)23(24,25)26)13-36-18-6-9-33(22(18)35)16-4-7-32(8-5-16)19-3-2-15(10-27)11-28-19/h2-3,11-12,14,16,18H,4-9,13H2,1H3,(H2,30,31,34)/t14?,18-/m0/s1. The maximum absolute atomic E-state index is 13.2. The van der Waals surface area contributed by atoms with Gasteiger partial charge in [-0.1, -0.05) is 0 Å². The number of piperidine rings is 1. The zero-order chi connectivity index (χ0) is 25.9. The molecular formula is C23H26F3N7O3. The number of ether oxygens (including phenoxy) is 1. The molecule has 192 valence electrons. The van der Waals surface area contributed by atoms with Crippen LogP contribution in [-0.2, 0) is 15.7 Å². The number of nitrogens with one attached hydrogen (secondary N) is 2. The first kappa shape index (κ1) is 25.4. The van der Waals surface area contributed by atoms with Gasteiger partial charge in [-0.3, -0.25) is 9.59 Å². The predicted molar refractivity (Wildman–Crippen MR) is 123 cm³/mol. The molecule has 2 aliphatic rings. The molecule has 0 saturated carbocycles. The van der Waals surface area contributed by atoms with Gasteiger partial charge in [-0.25, -0.2) is 10.1 Å². The fourth-order valence-electron chi connectivity index (χ4n) is 4.59. The van der Waals surface area contributed by atoms with Crippen LogP contribution < -0.4 is 15.8 Å². The number of amides is 1. The number of alkyl halides is 3. The number of carbonyl (C=O) groups excluding carboxylic acids is 1. The maximum atomic E-state index is 13.2. The number of hydrogen-bond acceptors (Lipinski definition) is 8. The molecule has 2 aliphatic heterocycles. The Labute approximate surface area is 205 Å². The third-order valence-electron chi connectivity index (χ3n) is 6.39. The minimum atomic E-state index is -4.84. The lowest BCUT2D eigenvalue weighted by Crippen LogP contribution is -2.47. The normalized spacial score (nSPS) is 19.9. The monoisotopic (exact) mass is 505 g/mol. The SMILES string of the molecule is CC(CO[C@H]1CCN(C2CCN(c3ccc(C#N)cn3)CC2)C1=O)Nc1cn[nH]c(=O)c1C(F)(F)F. The number of aromatic nitrogens is 3. The van der Waals surface area contributed by atoms with Gasteiger partial charge in [0.05, 0.1) is 24.1 Å². The van der Waals surface area contributed by atoms with Crippen molar-refractivity contribution in [2.45, 2.75) is 50.6 Å². The van der Waals surface area contributed by atoms with E-state index in [0.29, 0.717) is 18.5 Å². The molecule has 0 spiro atoms. The summed E-state index contributed by atoms with van der Waals surface area (Å²) in [5.41, 5.74) is -2.62. The summed E-state index contributed by atoms with van der Waals surface area (Å²) < 4.78 is 45.4. The molecule has 2 atom stereocenters. The lowest BCUT2D eigenvalue weighted by molar-refractivity contribution is -0.139. The second kappa shape index (κ2) is 10.5. The van der Waals surface area contributed by atoms with Gasteiger partial charge in [0, 0.05) is 44.3 Å². The highest BCUT2D eigenvalue weighted by Gasteiger charge is 2.39. The van der Waals surface area contributed by atoms with Crippen LogP contribution in [0.3, 0.4) is 0 Å². The smallest absolute Gasteiger partial charge is 0.378 e. The quantitative estimate of drug-likeness (QED) is 0.586. The third kappa shape index (κ3) is 5.59. The van der Waals surface area contributed by atoms with Crippen LogP contribution in [0.5, 0.6) is 0 Å². The summed E-state index contributed by atoms with van der Waals surface area (Å²) in [4.78, 5) is 32.8. The Bertz CT molecular complexity index is 1170. The van der Waals surface area contributed by atoms with E-state index >= 15 is 0 Å². The van der Waals surface area contributed by atoms with Gasteiger partial charge in [0.25, 0.3) is 11.5 Å². The van der Waals surface area contributed by atoms with Gasteiger partial charge in [-0.15, -0.1) is 0 Å². The van der Waals surface area contributed by atoms with Crippen molar-refractivity contribution in [2.75, 3.05) is 36.5 Å². The van der Waals surface area contributed by atoms with Crippen LogP contribution in [0, 0.1) is 11.3 Å². The van der Waals surface area contributed by atoms with Crippen molar-refractivity contribution in [3.63, 3.8) is 0 Å². The van der Waals surface area contributed by atoms with E-state index in [1.807, 2.05) is 17.0 Å². The minimum Gasteiger partial charge on any atom is -0.378 e. The van der Waals surface area contributed by atoms with E-state index in [4.69, 9.17) is 10.00 Å². The van der Waals surface area contributed by atoms with Crippen molar-refractivity contribution >= 4 is 17.4 Å². The number of aromatic amines is 1. The predicted octanol–water partition coefficient (Wildman–Crippen LogP) is 2.14. The Kier molecular flexibility index (Phi) is 7.44. The van der Waals surface area contributed by atoms with Gasteiger partial charge in [-0.05, 0) is 31.9 Å². The average molecular weight is 506 g/mol. The molecule has 4 rings (SSSR count). The topological polar surface area (TPSA) is 127 Å². The molecule has 2 fully saturated rings. The molecule has 2 N–H and O–H groups in total. The molecule has 0 aliphatic carbocycles. The summed E-state index contributed by atoms with van der Waals surface area (Å²) in [6, 6.07) is 5.07. The molecule has 2 aromatic rings. The van der Waals surface area contributed by atoms with E-state index in [0.717, 1.165) is 37.9 Å². The Balaban J connectivity index is 1.27. The van der Waals surface area contributed by atoms with Crippen molar-refractivity contribution in [1.29, 1.82) is 5.26 Å². The first-order chi connectivity index (χ1) is 17.2. The van der Waals surface area contributed by atoms with Crippen LogP contribution in [0.1, 0.15) is 37.3 Å². The molecule has 1 amide bonds. The highest BCUT2D eigenvalue weighted by Crippen LogP contribution is 2.32. The Morgan fingerprint density at radius 2 is 1.97 bits per heavy atom. The van der Waals surface area contributed by atoms with Crippen LogP contribution in [0.2, 0.25) is 0 Å². The largest absolute Gasteiger partial charge is 0.423 e. The van der Waals surface area contributed by atoms with Crippen molar-refractivity contribution < 1.29 is 22.7 Å². The van der Waals surface area contributed by atoms with Gasteiger partial charge in [-0.2, -0.15) is 23.5 Å². The van der Waals surface area contributed by atoms with E-state index in [1.54, 1.807) is 24.3 Å². The zero-order valence-corrected chi connectivity index (χ0v) is 19.6. The van der Waals surface area contributed by atoms with Crippen LogP contribution in [0.25, 0.3) is 0 Å². The Hall–Kier alpha value is -3.66. The highest BCUT2D eigenvalue weighted by molar-refractivity contribution is 5.83. The van der Waals surface area contributed by atoms with E-state index in [1.165, 1.54) is 0 Å². The van der Waals surface area contributed by atoms with Crippen molar-refractivity contribution in [1.82, 2.24) is 20.1 Å². The second-order valence-corrected chi connectivity index (χ2v) is 8.91. The van der Waals surface area contributed by atoms with Crippen LogP contribution in [-0.4, -0.2) is 70.4 Å². The van der Waals surface area contributed by atoms with Crippen LogP contribution in [0.4, 0.5) is 24.7 Å². The summed E-state index contributed by atoms with van der Waals surface area (Å²) in [6.07, 6.45) is -1.01. The number of rotatable bonds is 7. The molecule has 13 heteroatoms. The number of H-pyrrole nitrogens is 1. The Morgan fingerprint density at radius 1 is 1.22 bits per heavy atom. The molecule has 0 bridgehead atoms.